The SMILES string of the molecule is COC(=O)c1c[c-]c(F)cc1.[Zn+][Br]. The summed E-state index contributed by atoms with van der Waals surface area (Å²) in [5, 5.41) is 0. The predicted octanol–water partition coefficient (Wildman–Crippen LogP) is 2.26. The average molecular weight is 298 g/mol. The molecule has 13 heavy (non-hydrogen) atoms. The second-order valence-corrected chi connectivity index (χ2v) is 1.92. The first-order valence-electron chi connectivity index (χ1n) is 3.26. The Bertz CT molecular complexity index is 263. The number of carbonyl (C=O) groups is 1. The summed E-state index contributed by atoms with van der Waals surface area (Å²) in [6, 6.07) is 6.00. The van der Waals surface area contributed by atoms with Crippen LogP contribution >= 0.6 is 13.6 Å². The van der Waals surface area contributed by atoms with E-state index < -0.39 is 11.8 Å². The van der Waals surface area contributed by atoms with Gasteiger partial charge in [-0.15, -0.1) is 12.1 Å². The van der Waals surface area contributed by atoms with E-state index in [1.165, 1.54) is 35.6 Å². The molecular formula is C8H6BrFO2Zn. The van der Waals surface area contributed by atoms with Crippen molar-refractivity contribution < 1.29 is 30.3 Å². The molecule has 2 nitrogen and oxygen atoms in total. The van der Waals surface area contributed by atoms with E-state index in [9.17, 15) is 9.18 Å². The zero-order valence-corrected chi connectivity index (χ0v) is 11.6. The second-order valence-electron chi connectivity index (χ2n) is 1.92. The third-order valence-electron chi connectivity index (χ3n) is 1.20. The first-order valence-corrected chi connectivity index (χ1v) is 10.2. The van der Waals surface area contributed by atoms with E-state index in [0.717, 1.165) is 6.07 Å². The van der Waals surface area contributed by atoms with Gasteiger partial charge in [-0.1, -0.05) is 5.56 Å². The van der Waals surface area contributed by atoms with Crippen molar-refractivity contribution in [2.45, 2.75) is 0 Å². The van der Waals surface area contributed by atoms with Gasteiger partial charge in [0.15, 0.2) is 0 Å². The number of halogens is 2. The molecule has 0 radical (unpaired) electrons. The predicted molar refractivity (Wildman–Crippen MR) is 45.5 cm³/mol. The third kappa shape index (κ3) is 4.48. The van der Waals surface area contributed by atoms with Crippen LogP contribution in [-0.4, -0.2) is 13.1 Å². The van der Waals surface area contributed by atoms with Crippen LogP contribution in [0.25, 0.3) is 0 Å². The number of esters is 1. The normalized spacial score (nSPS) is 8.38. The molecule has 0 aliphatic carbocycles. The Morgan fingerprint density at radius 3 is 2.62 bits per heavy atom. The van der Waals surface area contributed by atoms with E-state index in [2.05, 4.69) is 24.4 Å². The van der Waals surface area contributed by atoms with Crippen LogP contribution < -0.4 is 0 Å². The molecule has 0 atom stereocenters. The number of hydrogen-bond donors (Lipinski definition) is 0. The van der Waals surface area contributed by atoms with Gasteiger partial charge in [0.25, 0.3) is 5.97 Å². The van der Waals surface area contributed by atoms with Crippen LogP contribution in [0, 0.1) is 11.9 Å². The maximum atomic E-state index is 12.2. The summed E-state index contributed by atoms with van der Waals surface area (Å²) in [6.07, 6.45) is 0. The number of benzene rings is 1. The van der Waals surface area contributed by atoms with E-state index in [1.54, 1.807) is 0 Å². The van der Waals surface area contributed by atoms with Gasteiger partial charge in [-0.05, 0) is 0 Å². The third-order valence-corrected chi connectivity index (χ3v) is 1.20. The zero-order valence-electron chi connectivity index (χ0n) is 7.01. The fourth-order valence-corrected chi connectivity index (χ4v) is 0.651. The van der Waals surface area contributed by atoms with Gasteiger partial charge in [0.2, 0.25) is 0 Å². The van der Waals surface area contributed by atoms with Crippen molar-refractivity contribution in [1.82, 2.24) is 0 Å². The van der Waals surface area contributed by atoms with E-state index in [-0.39, 0.29) is 0 Å². The van der Waals surface area contributed by atoms with E-state index in [1.807, 2.05) is 0 Å². The Morgan fingerprint density at radius 1 is 1.62 bits per heavy atom. The Kier molecular flexibility index (Phi) is 7.01. The van der Waals surface area contributed by atoms with Crippen molar-refractivity contribution in [2.24, 2.45) is 0 Å². The second kappa shape index (κ2) is 7.16. The van der Waals surface area contributed by atoms with Crippen molar-refractivity contribution in [3.05, 3.63) is 35.6 Å². The molecule has 5 heteroatoms. The van der Waals surface area contributed by atoms with Gasteiger partial charge in [0.05, 0.1) is 7.11 Å². The number of rotatable bonds is 1. The molecule has 1 aromatic carbocycles. The summed E-state index contributed by atoms with van der Waals surface area (Å²) in [7, 11) is 1.27. The summed E-state index contributed by atoms with van der Waals surface area (Å²) < 4.78 is 16.6. The number of ether oxygens (including phenoxy) is 1. The Hall–Kier alpha value is -0.277. The molecule has 0 bridgehead atoms. The topological polar surface area (TPSA) is 26.3 Å². The molecule has 0 heterocycles. The molecule has 0 fully saturated rings. The molecule has 0 spiro atoms. The van der Waals surface area contributed by atoms with E-state index in [4.69, 9.17) is 0 Å². The quantitative estimate of drug-likeness (QED) is 0.452. The van der Waals surface area contributed by atoms with Gasteiger partial charge in [-0.3, -0.25) is 4.79 Å². The van der Waals surface area contributed by atoms with Gasteiger partial charge >= 0.3 is 30.0 Å². The number of hydrogen-bond acceptors (Lipinski definition) is 2. The summed E-state index contributed by atoms with van der Waals surface area (Å²) in [6.45, 7) is 0. The minimum absolute atomic E-state index is 0.300. The van der Waals surface area contributed by atoms with Gasteiger partial charge in [0, 0.05) is 5.82 Å². The Balaban J connectivity index is 0.000000671. The summed E-state index contributed by atoms with van der Waals surface area (Å²) >= 11 is 4.25. The molecule has 0 saturated carbocycles. The maximum absolute atomic E-state index is 12.2. The van der Waals surface area contributed by atoms with Crippen LogP contribution in [0.3, 0.4) is 0 Å². The van der Waals surface area contributed by atoms with E-state index in [0.29, 0.717) is 5.56 Å². The first kappa shape index (κ1) is 12.7. The summed E-state index contributed by atoms with van der Waals surface area (Å²) in [5.74, 6) is -0.973. The van der Waals surface area contributed by atoms with Crippen LogP contribution in [0.15, 0.2) is 18.2 Å². The molecular weight excluding hydrogens is 292 g/mol. The minimum atomic E-state index is -0.488. The van der Waals surface area contributed by atoms with Crippen molar-refractivity contribution >= 4 is 19.6 Å². The molecule has 0 aliphatic heterocycles. The monoisotopic (exact) mass is 296 g/mol. The van der Waals surface area contributed by atoms with Crippen LogP contribution in [-0.2, 0) is 21.1 Å². The van der Waals surface area contributed by atoms with Gasteiger partial charge in [-0.2, -0.15) is 12.1 Å². The van der Waals surface area contributed by atoms with Crippen molar-refractivity contribution in [3.8, 4) is 0 Å². The average Bonchev–Trinajstić information content (AvgIpc) is 2.21. The molecule has 0 amide bonds. The molecule has 0 aliphatic rings. The van der Waals surface area contributed by atoms with Crippen molar-refractivity contribution in [1.29, 1.82) is 0 Å². The van der Waals surface area contributed by atoms with E-state index >= 15 is 0 Å². The molecule has 0 N–H and O–H groups in total. The number of methoxy groups -OCH3 is 1. The van der Waals surface area contributed by atoms with Crippen LogP contribution in [0.4, 0.5) is 4.39 Å². The fourth-order valence-electron chi connectivity index (χ4n) is 0.651. The van der Waals surface area contributed by atoms with Crippen LogP contribution in [0.2, 0.25) is 0 Å². The summed E-state index contributed by atoms with van der Waals surface area (Å²) in [5.41, 5.74) is 0.300. The molecule has 1 rings (SSSR count). The zero-order chi connectivity index (χ0) is 10.3. The molecule has 0 aromatic heterocycles. The first-order chi connectivity index (χ1) is 6.24. The van der Waals surface area contributed by atoms with Gasteiger partial charge in [0.1, 0.15) is 0 Å². The molecule has 66 valence electrons. The standard InChI is InChI=1S/C8H6FO2.BrH.Zn/c1-11-8(10)6-2-4-7(9)5-3-6;;/h2-4H,1H3;1H;/q-1;;+2/p-1. The Labute approximate surface area is 92.5 Å². The fraction of sp³-hybridized carbons (Fsp3) is 0.125. The summed E-state index contributed by atoms with van der Waals surface area (Å²) in [4.78, 5) is 10.8. The van der Waals surface area contributed by atoms with Crippen LogP contribution in [0.1, 0.15) is 10.4 Å². The molecule has 0 saturated heterocycles. The van der Waals surface area contributed by atoms with Gasteiger partial charge < -0.3 is 4.74 Å². The van der Waals surface area contributed by atoms with Crippen molar-refractivity contribution in [3.63, 3.8) is 0 Å². The van der Waals surface area contributed by atoms with Crippen LogP contribution in [0.5, 0.6) is 0 Å². The molecule has 1 aromatic rings. The molecule has 0 unspecified atom stereocenters. The number of carbonyl (C=O) groups excluding carboxylic acids is 1. The van der Waals surface area contributed by atoms with Gasteiger partial charge in [-0.25, -0.2) is 4.39 Å². The van der Waals surface area contributed by atoms with Crippen molar-refractivity contribution in [2.75, 3.05) is 7.11 Å². The Morgan fingerprint density at radius 2 is 2.23 bits per heavy atom.